The quantitative estimate of drug-likeness (QED) is 0.185. The molecule has 0 atom stereocenters. The average molecular weight is 573 g/mol. The molecule has 0 saturated heterocycles. The predicted molar refractivity (Wildman–Crippen MR) is 193 cm³/mol. The predicted octanol–water partition coefficient (Wildman–Crippen LogP) is 12.5. The molecule has 9 rings (SSSR count). The molecule has 0 spiro atoms. The third-order valence-corrected chi connectivity index (χ3v) is 10.0. The summed E-state index contributed by atoms with van der Waals surface area (Å²) < 4.78 is 0. The Bertz CT molecular complexity index is 2370. The molecule has 0 bridgehead atoms. The van der Waals surface area contributed by atoms with Gasteiger partial charge in [-0.2, -0.15) is 0 Å². The minimum absolute atomic E-state index is 0.139. The SMILES string of the molecule is CC1(C)c2ccc3ccccc3c2-c2cccc(-c3c4ccccc4c(-c4ccc(-c5ccccc5)cc4)c4ccccc34)c21. The van der Waals surface area contributed by atoms with Crippen LogP contribution < -0.4 is 0 Å². The average Bonchev–Trinajstić information content (AvgIpc) is 3.34. The van der Waals surface area contributed by atoms with Gasteiger partial charge >= 0.3 is 0 Å². The van der Waals surface area contributed by atoms with Crippen molar-refractivity contribution in [2.75, 3.05) is 0 Å². The first-order valence-corrected chi connectivity index (χ1v) is 15.9. The Balaban J connectivity index is 1.33. The van der Waals surface area contributed by atoms with E-state index < -0.39 is 0 Å². The largest absolute Gasteiger partial charge is 0.0622 e. The van der Waals surface area contributed by atoms with Crippen LogP contribution in [-0.4, -0.2) is 0 Å². The second-order valence-corrected chi connectivity index (χ2v) is 12.8. The van der Waals surface area contributed by atoms with Crippen molar-refractivity contribution in [2.45, 2.75) is 19.3 Å². The number of benzene rings is 8. The van der Waals surface area contributed by atoms with E-state index in [0.29, 0.717) is 0 Å². The monoisotopic (exact) mass is 572 g/mol. The standard InChI is InChI=1S/C45H32/c1-45(2)40-28-27-31-15-6-7-16-33(31)43(40)39-22-12-21-38(44(39)45)42-36-19-10-8-17-34(36)41(35-18-9-11-20-37(35)42)32-25-23-30(24-26-32)29-13-4-3-5-14-29/h3-28H,1-2H3. The molecular formula is C45H32. The highest BCUT2D eigenvalue weighted by Gasteiger charge is 2.39. The molecule has 8 aromatic carbocycles. The molecule has 0 unspecified atom stereocenters. The molecule has 0 aliphatic heterocycles. The number of fused-ring (bicyclic) bond motifs is 7. The molecular weight excluding hydrogens is 540 g/mol. The van der Waals surface area contributed by atoms with Crippen LogP contribution in [0, 0.1) is 0 Å². The Hall–Kier alpha value is -5.46. The highest BCUT2D eigenvalue weighted by molar-refractivity contribution is 6.22. The fraction of sp³-hybridized carbons (Fsp3) is 0.0667. The van der Waals surface area contributed by atoms with Crippen LogP contribution in [0.5, 0.6) is 0 Å². The van der Waals surface area contributed by atoms with Crippen LogP contribution in [0.2, 0.25) is 0 Å². The third-order valence-electron chi connectivity index (χ3n) is 10.0. The normalized spacial score (nSPS) is 13.3. The van der Waals surface area contributed by atoms with E-state index in [1.807, 2.05) is 0 Å². The maximum absolute atomic E-state index is 2.41. The molecule has 0 heterocycles. The van der Waals surface area contributed by atoms with Crippen molar-refractivity contribution in [2.24, 2.45) is 0 Å². The summed E-state index contributed by atoms with van der Waals surface area (Å²) in [4.78, 5) is 0. The minimum Gasteiger partial charge on any atom is -0.0622 e. The number of hydrogen-bond donors (Lipinski definition) is 0. The van der Waals surface area contributed by atoms with Crippen LogP contribution in [0.3, 0.4) is 0 Å². The second kappa shape index (κ2) is 9.78. The number of hydrogen-bond acceptors (Lipinski definition) is 0. The molecule has 45 heavy (non-hydrogen) atoms. The molecule has 212 valence electrons. The van der Waals surface area contributed by atoms with E-state index in [1.54, 1.807) is 0 Å². The van der Waals surface area contributed by atoms with E-state index in [2.05, 4.69) is 172 Å². The molecule has 0 N–H and O–H groups in total. The van der Waals surface area contributed by atoms with E-state index in [-0.39, 0.29) is 5.41 Å². The summed E-state index contributed by atoms with van der Waals surface area (Å²) in [5.74, 6) is 0. The van der Waals surface area contributed by atoms with Gasteiger partial charge in [-0.3, -0.25) is 0 Å². The molecule has 8 aromatic rings. The fourth-order valence-electron chi connectivity index (χ4n) is 8.05. The smallest absolute Gasteiger partial charge is 0.0165 e. The van der Waals surface area contributed by atoms with Crippen LogP contribution in [0.15, 0.2) is 158 Å². The summed E-state index contributed by atoms with van der Waals surface area (Å²) in [5.41, 5.74) is 13.1. The van der Waals surface area contributed by atoms with E-state index >= 15 is 0 Å². The van der Waals surface area contributed by atoms with Gasteiger partial charge in [0.25, 0.3) is 0 Å². The molecule has 0 amide bonds. The summed E-state index contributed by atoms with van der Waals surface area (Å²) in [6, 6.07) is 58.2. The molecule has 0 aromatic heterocycles. The second-order valence-electron chi connectivity index (χ2n) is 12.8. The lowest BCUT2D eigenvalue weighted by Crippen LogP contribution is -2.16. The van der Waals surface area contributed by atoms with Crippen LogP contribution in [0.25, 0.3) is 76.8 Å². The van der Waals surface area contributed by atoms with Crippen molar-refractivity contribution >= 4 is 32.3 Å². The summed E-state index contributed by atoms with van der Waals surface area (Å²) in [5, 5.41) is 7.79. The minimum atomic E-state index is -0.139. The zero-order chi connectivity index (χ0) is 30.1. The Morgan fingerprint density at radius 3 is 1.47 bits per heavy atom. The van der Waals surface area contributed by atoms with Crippen molar-refractivity contribution in [3.63, 3.8) is 0 Å². The van der Waals surface area contributed by atoms with E-state index in [1.165, 1.54) is 88.0 Å². The van der Waals surface area contributed by atoms with Gasteiger partial charge in [-0.25, -0.2) is 0 Å². The molecule has 1 aliphatic carbocycles. The van der Waals surface area contributed by atoms with Gasteiger partial charge in [0.2, 0.25) is 0 Å². The van der Waals surface area contributed by atoms with Crippen LogP contribution in [0.4, 0.5) is 0 Å². The lowest BCUT2D eigenvalue weighted by atomic mass is 9.76. The zero-order valence-electron chi connectivity index (χ0n) is 25.5. The highest BCUT2D eigenvalue weighted by Crippen LogP contribution is 2.56. The number of rotatable bonds is 3. The van der Waals surface area contributed by atoms with Gasteiger partial charge in [-0.1, -0.05) is 172 Å². The fourth-order valence-corrected chi connectivity index (χ4v) is 8.05. The van der Waals surface area contributed by atoms with Crippen molar-refractivity contribution < 1.29 is 0 Å². The van der Waals surface area contributed by atoms with Gasteiger partial charge in [0.15, 0.2) is 0 Å². The lowest BCUT2D eigenvalue weighted by molar-refractivity contribution is 0.663. The Morgan fingerprint density at radius 1 is 0.333 bits per heavy atom. The highest BCUT2D eigenvalue weighted by atomic mass is 14.4. The topological polar surface area (TPSA) is 0 Å². The summed E-state index contributed by atoms with van der Waals surface area (Å²) in [6.07, 6.45) is 0. The maximum atomic E-state index is 2.41. The molecule has 1 aliphatic rings. The zero-order valence-corrected chi connectivity index (χ0v) is 25.5. The summed E-state index contributed by atoms with van der Waals surface area (Å²) >= 11 is 0. The van der Waals surface area contributed by atoms with Gasteiger partial charge in [0.05, 0.1) is 0 Å². The Morgan fingerprint density at radius 2 is 0.822 bits per heavy atom. The summed E-state index contributed by atoms with van der Waals surface area (Å²) in [7, 11) is 0. The first-order chi connectivity index (χ1) is 22.1. The molecule has 0 heteroatoms. The maximum Gasteiger partial charge on any atom is 0.0165 e. The Kier molecular flexibility index (Phi) is 5.64. The van der Waals surface area contributed by atoms with Crippen molar-refractivity contribution in [3.05, 3.63) is 169 Å². The van der Waals surface area contributed by atoms with Gasteiger partial charge in [-0.05, 0) is 88.0 Å². The summed E-state index contributed by atoms with van der Waals surface area (Å²) in [6.45, 7) is 4.81. The Labute approximate surface area is 264 Å². The van der Waals surface area contributed by atoms with Gasteiger partial charge in [-0.15, -0.1) is 0 Å². The van der Waals surface area contributed by atoms with Crippen molar-refractivity contribution in [1.82, 2.24) is 0 Å². The molecule has 0 saturated carbocycles. The van der Waals surface area contributed by atoms with Crippen LogP contribution >= 0.6 is 0 Å². The van der Waals surface area contributed by atoms with E-state index in [4.69, 9.17) is 0 Å². The molecule has 0 radical (unpaired) electrons. The first-order valence-electron chi connectivity index (χ1n) is 15.9. The van der Waals surface area contributed by atoms with Crippen molar-refractivity contribution in [3.8, 4) is 44.5 Å². The lowest BCUT2D eigenvalue weighted by Gasteiger charge is -2.26. The van der Waals surface area contributed by atoms with E-state index in [9.17, 15) is 0 Å². The molecule has 0 nitrogen and oxygen atoms in total. The van der Waals surface area contributed by atoms with Crippen LogP contribution in [0.1, 0.15) is 25.0 Å². The van der Waals surface area contributed by atoms with E-state index in [0.717, 1.165) is 0 Å². The van der Waals surface area contributed by atoms with Gasteiger partial charge in [0.1, 0.15) is 0 Å². The first kappa shape index (κ1) is 26.0. The van der Waals surface area contributed by atoms with Crippen LogP contribution in [-0.2, 0) is 5.41 Å². The van der Waals surface area contributed by atoms with Gasteiger partial charge in [0, 0.05) is 5.41 Å². The van der Waals surface area contributed by atoms with Crippen molar-refractivity contribution in [1.29, 1.82) is 0 Å². The van der Waals surface area contributed by atoms with Gasteiger partial charge < -0.3 is 0 Å². The third kappa shape index (κ3) is 3.79. The molecule has 0 fully saturated rings.